The fraction of sp³-hybridized carbons (Fsp3) is 0.278. The van der Waals surface area contributed by atoms with Crippen LogP contribution in [0.25, 0.3) is 0 Å². The van der Waals surface area contributed by atoms with Crippen molar-refractivity contribution in [3.63, 3.8) is 0 Å². The summed E-state index contributed by atoms with van der Waals surface area (Å²) < 4.78 is 16.0. The summed E-state index contributed by atoms with van der Waals surface area (Å²) in [6.45, 7) is 2.11. The van der Waals surface area contributed by atoms with Gasteiger partial charge < -0.3 is 24.8 Å². The normalized spacial score (nSPS) is 10.0. The van der Waals surface area contributed by atoms with Crippen LogP contribution in [0, 0.1) is 0 Å². The van der Waals surface area contributed by atoms with Crippen molar-refractivity contribution in [3.8, 4) is 17.2 Å². The minimum atomic E-state index is -0.0849. The van der Waals surface area contributed by atoms with Crippen LogP contribution in [0.5, 0.6) is 17.2 Å². The van der Waals surface area contributed by atoms with Crippen molar-refractivity contribution >= 4 is 17.3 Å². The average molecular weight is 330 g/mol. The van der Waals surface area contributed by atoms with Crippen molar-refractivity contribution in [2.75, 3.05) is 32.0 Å². The largest absolute Gasteiger partial charge is 0.493 e. The van der Waals surface area contributed by atoms with Gasteiger partial charge in [-0.3, -0.25) is 4.79 Å². The van der Waals surface area contributed by atoms with Gasteiger partial charge in [0.15, 0.2) is 11.5 Å². The Morgan fingerprint density at radius 2 is 1.50 bits per heavy atom. The molecule has 0 bridgehead atoms. The minimum absolute atomic E-state index is 0.0849. The monoisotopic (exact) mass is 330 g/mol. The zero-order valence-electron chi connectivity index (χ0n) is 14.3. The lowest BCUT2D eigenvalue weighted by Crippen LogP contribution is -2.06. The average Bonchev–Trinajstić information content (AvgIpc) is 2.59. The molecule has 0 aliphatic rings. The lowest BCUT2D eigenvalue weighted by atomic mass is 10.2. The highest BCUT2D eigenvalue weighted by Crippen LogP contribution is 2.40. The number of ether oxygens (including phenoxy) is 3. The Morgan fingerprint density at radius 3 is 1.96 bits per heavy atom. The summed E-state index contributed by atoms with van der Waals surface area (Å²) in [5.74, 6) is 1.67. The third kappa shape index (κ3) is 4.32. The van der Waals surface area contributed by atoms with Gasteiger partial charge >= 0.3 is 0 Å². The smallest absolute Gasteiger partial charge is 0.221 e. The summed E-state index contributed by atoms with van der Waals surface area (Å²) in [6.07, 6.45) is 0. The van der Waals surface area contributed by atoms with Crippen LogP contribution in [0.3, 0.4) is 0 Å². The predicted octanol–water partition coefficient (Wildman–Crippen LogP) is 3.28. The lowest BCUT2D eigenvalue weighted by molar-refractivity contribution is -0.114. The number of benzene rings is 2. The molecule has 0 heterocycles. The Morgan fingerprint density at radius 1 is 0.917 bits per heavy atom. The highest BCUT2D eigenvalue weighted by molar-refractivity contribution is 5.88. The molecule has 0 saturated carbocycles. The van der Waals surface area contributed by atoms with Gasteiger partial charge in [0.05, 0.1) is 21.3 Å². The first-order valence-electron chi connectivity index (χ1n) is 7.47. The summed E-state index contributed by atoms with van der Waals surface area (Å²) in [4.78, 5) is 11.0. The number of carbonyl (C=O) groups is 1. The van der Waals surface area contributed by atoms with Crippen LogP contribution in [0.2, 0.25) is 0 Å². The minimum Gasteiger partial charge on any atom is -0.493 e. The second-order valence-corrected chi connectivity index (χ2v) is 5.15. The fourth-order valence-corrected chi connectivity index (χ4v) is 2.30. The van der Waals surface area contributed by atoms with Gasteiger partial charge in [0.2, 0.25) is 11.7 Å². The number of amides is 1. The van der Waals surface area contributed by atoms with Crippen molar-refractivity contribution in [2.24, 2.45) is 0 Å². The summed E-state index contributed by atoms with van der Waals surface area (Å²) in [6, 6.07) is 11.4. The third-order valence-electron chi connectivity index (χ3n) is 3.44. The summed E-state index contributed by atoms with van der Waals surface area (Å²) in [5.41, 5.74) is 2.72. The van der Waals surface area contributed by atoms with E-state index in [4.69, 9.17) is 14.2 Å². The van der Waals surface area contributed by atoms with Gasteiger partial charge in [-0.1, -0.05) is 12.1 Å². The van der Waals surface area contributed by atoms with Gasteiger partial charge in [-0.2, -0.15) is 0 Å². The van der Waals surface area contributed by atoms with Crippen LogP contribution in [-0.4, -0.2) is 27.2 Å². The maximum atomic E-state index is 11.0. The van der Waals surface area contributed by atoms with E-state index in [0.717, 1.165) is 16.9 Å². The maximum absolute atomic E-state index is 11.0. The number of hydrogen-bond donors (Lipinski definition) is 2. The molecule has 0 saturated heterocycles. The molecule has 1 amide bonds. The van der Waals surface area contributed by atoms with Crippen molar-refractivity contribution in [2.45, 2.75) is 13.5 Å². The Labute approximate surface area is 141 Å². The van der Waals surface area contributed by atoms with E-state index >= 15 is 0 Å². The first kappa shape index (κ1) is 17.5. The SMILES string of the molecule is COc1cc(NCc2ccc(NC(C)=O)cc2)cc(OC)c1OC. The van der Waals surface area contributed by atoms with Gasteiger partial charge in [-0.25, -0.2) is 0 Å². The molecule has 6 nitrogen and oxygen atoms in total. The van der Waals surface area contributed by atoms with Crippen molar-refractivity contribution in [1.82, 2.24) is 0 Å². The molecule has 0 aliphatic carbocycles. The number of hydrogen-bond acceptors (Lipinski definition) is 5. The van der Waals surface area contributed by atoms with Crippen molar-refractivity contribution in [3.05, 3.63) is 42.0 Å². The van der Waals surface area contributed by atoms with E-state index in [1.165, 1.54) is 6.92 Å². The molecular formula is C18H22N2O4. The van der Waals surface area contributed by atoms with E-state index in [1.807, 2.05) is 36.4 Å². The summed E-state index contributed by atoms with van der Waals surface area (Å²) in [7, 11) is 4.74. The summed E-state index contributed by atoms with van der Waals surface area (Å²) >= 11 is 0. The van der Waals surface area contributed by atoms with E-state index in [9.17, 15) is 4.79 Å². The molecule has 0 unspecified atom stereocenters. The quantitative estimate of drug-likeness (QED) is 0.815. The van der Waals surface area contributed by atoms with E-state index in [1.54, 1.807) is 21.3 Å². The maximum Gasteiger partial charge on any atom is 0.221 e. The van der Waals surface area contributed by atoms with Crippen molar-refractivity contribution < 1.29 is 19.0 Å². The lowest BCUT2D eigenvalue weighted by Gasteiger charge is -2.15. The molecule has 0 fully saturated rings. The molecule has 2 N–H and O–H groups in total. The molecule has 24 heavy (non-hydrogen) atoms. The fourth-order valence-electron chi connectivity index (χ4n) is 2.30. The topological polar surface area (TPSA) is 68.8 Å². The second-order valence-electron chi connectivity index (χ2n) is 5.15. The van der Waals surface area contributed by atoms with Gasteiger partial charge in [-0.05, 0) is 17.7 Å². The molecule has 0 aromatic heterocycles. The van der Waals surface area contributed by atoms with Gasteiger partial charge in [0.25, 0.3) is 0 Å². The van der Waals surface area contributed by atoms with E-state index < -0.39 is 0 Å². The Bertz CT molecular complexity index is 674. The van der Waals surface area contributed by atoms with Crippen LogP contribution >= 0.6 is 0 Å². The van der Waals surface area contributed by atoms with Crippen LogP contribution < -0.4 is 24.8 Å². The zero-order valence-corrected chi connectivity index (χ0v) is 14.3. The summed E-state index contributed by atoms with van der Waals surface area (Å²) in [5, 5.41) is 6.06. The van der Waals surface area contributed by atoms with E-state index in [2.05, 4.69) is 10.6 Å². The molecule has 6 heteroatoms. The van der Waals surface area contributed by atoms with Crippen LogP contribution in [-0.2, 0) is 11.3 Å². The molecular weight excluding hydrogens is 308 g/mol. The Balaban J connectivity index is 2.10. The number of nitrogens with one attached hydrogen (secondary N) is 2. The van der Waals surface area contributed by atoms with E-state index in [-0.39, 0.29) is 5.91 Å². The predicted molar refractivity (Wildman–Crippen MR) is 94.2 cm³/mol. The third-order valence-corrected chi connectivity index (χ3v) is 3.44. The molecule has 2 rings (SSSR count). The molecule has 0 aliphatic heterocycles. The number of rotatable bonds is 7. The number of methoxy groups -OCH3 is 3. The Kier molecular flexibility index (Phi) is 5.89. The number of carbonyl (C=O) groups excluding carboxylic acids is 1. The van der Waals surface area contributed by atoms with Crippen LogP contribution in [0.15, 0.2) is 36.4 Å². The molecule has 0 spiro atoms. The number of anilines is 2. The molecule has 128 valence electrons. The van der Waals surface area contributed by atoms with Crippen LogP contribution in [0.1, 0.15) is 12.5 Å². The molecule has 2 aromatic carbocycles. The van der Waals surface area contributed by atoms with Gasteiger partial charge in [0.1, 0.15) is 0 Å². The first-order valence-corrected chi connectivity index (χ1v) is 7.47. The molecule has 2 aromatic rings. The zero-order chi connectivity index (χ0) is 17.5. The Hall–Kier alpha value is -2.89. The molecule has 0 atom stereocenters. The van der Waals surface area contributed by atoms with E-state index in [0.29, 0.717) is 23.8 Å². The van der Waals surface area contributed by atoms with Crippen LogP contribution in [0.4, 0.5) is 11.4 Å². The molecule has 0 radical (unpaired) electrons. The standard InChI is InChI=1S/C18H22N2O4/c1-12(21)20-14-7-5-13(6-8-14)11-19-15-9-16(22-2)18(24-4)17(10-15)23-3/h5-10,19H,11H2,1-4H3,(H,20,21). The first-order chi connectivity index (χ1) is 11.6. The second kappa shape index (κ2) is 8.10. The highest BCUT2D eigenvalue weighted by atomic mass is 16.5. The van der Waals surface area contributed by atoms with Crippen molar-refractivity contribution in [1.29, 1.82) is 0 Å². The van der Waals surface area contributed by atoms with Gasteiger partial charge in [-0.15, -0.1) is 0 Å². The highest BCUT2D eigenvalue weighted by Gasteiger charge is 2.12. The van der Waals surface area contributed by atoms with Gasteiger partial charge in [0, 0.05) is 37.0 Å².